The van der Waals surface area contributed by atoms with Crippen molar-refractivity contribution in [3.8, 4) is 0 Å². The average Bonchev–Trinajstić information content (AvgIpc) is 2.85. The third-order valence-corrected chi connectivity index (χ3v) is 5.65. The first kappa shape index (κ1) is 16.0. The Bertz CT molecular complexity index is 429. The van der Waals surface area contributed by atoms with Gasteiger partial charge in [0.15, 0.2) is 0 Å². The van der Waals surface area contributed by atoms with E-state index in [1.54, 1.807) is 11.3 Å². The van der Waals surface area contributed by atoms with Crippen LogP contribution in [0.1, 0.15) is 31.1 Å². The molecule has 0 radical (unpaired) electrons. The van der Waals surface area contributed by atoms with Gasteiger partial charge >= 0.3 is 0 Å². The lowest BCUT2D eigenvalue weighted by Crippen LogP contribution is -2.35. The van der Waals surface area contributed by atoms with Crippen molar-refractivity contribution in [2.24, 2.45) is 11.8 Å². The summed E-state index contributed by atoms with van der Waals surface area (Å²) in [4.78, 5) is 13.3. The van der Waals surface area contributed by atoms with E-state index in [-0.39, 0.29) is 5.91 Å². The summed E-state index contributed by atoms with van der Waals surface area (Å²) in [6.07, 6.45) is 4.07. The summed E-state index contributed by atoms with van der Waals surface area (Å²) in [5, 5.41) is 6.46. The highest BCUT2D eigenvalue weighted by atomic mass is 79.9. The number of carbonyl (C=O) groups is 1. The number of halogens is 1. The van der Waals surface area contributed by atoms with Crippen LogP contribution in [0.2, 0.25) is 0 Å². The van der Waals surface area contributed by atoms with E-state index in [9.17, 15) is 4.79 Å². The maximum atomic E-state index is 12.0. The van der Waals surface area contributed by atoms with Gasteiger partial charge in [-0.3, -0.25) is 4.79 Å². The lowest BCUT2D eigenvalue weighted by molar-refractivity contribution is -0.122. The summed E-state index contributed by atoms with van der Waals surface area (Å²) >= 11 is 5.19. The molecular formula is C15H23BrN2OS. The molecule has 3 nitrogen and oxygen atoms in total. The van der Waals surface area contributed by atoms with Crippen LogP contribution in [0.3, 0.4) is 0 Å². The molecule has 1 saturated heterocycles. The van der Waals surface area contributed by atoms with Gasteiger partial charge in [-0.2, -0.15) is 0 Å². The van der Waals surface area contributed by atoms with E-state index in [1.807, 2.05) is 0 Å². The molecule has 20 heavy (non-hydrogen) atoms. The van der Waals surface area contributed by atoms with Crippen LogP contribution in [0, 0.1) is 11.8 Å². The molecule has 1 aromatic rings. The van der Waals surface area contributed by atoms with Gasteiger partial charge in [0.25, 0.3) is 0 Å². The third-order valence-electron chi connectivity index (χ3n) is 3.97. The number of thiophene rings is 1. The first-order chi connectivity index (χ1) is 9.65. The molecule has 1 amide bonds. The second kappa shape index (κ2) is 8.15. The molecule has 2 heterocycles. The van der Waals surface area contributed by atoms with Gasteiger partial charge in [-0.1, -0.05) is 6.92 Å². The molecule has 1 aliphatic heterocycles. The van der Waals surface area contributed by atoms with Gasteiger partial charge < -0.3 is 10.6 Å². The number of nitrogens with one attached hydrogen (secondary N) is 2. The molecule has 0 spiro atoms. The van der Waals surface area contributed by atoms with Gasteiger partial charge in [0.05, 0.1) is 3.79 Å². The summed E-state index contributed by atoms with van der Waals surface area (Å²) in [6, 6.07) is 4.16. The monoisotopic (exact) mass is 358 g/mol. The Kier molecular flexibility index (Phi) is 6.52. The SMILES string of the molecule is CC(CC(=O)NCCc1ccc(Br)s1)C1CCCNC1. The highest BCUT2D eigenvalue weighted by Gasteiger charge is 2.21. The fourth-order valence-corrected chi connectivity index (χ4v) is 4.19. The normalized spacial score (nSPS) is 20.6. The quantitative estimate of drug-likeness (QED) is 0.819. The molecule has 5 heteroatoms. The van der Waals surface area contributed by atoms with Gasteiger partial charge in [-0.25, -0.2) is 0 Å². The number of hydrogen-bond acceptors (Lipinski definition) is 3. The number of hydrogen-bond donors (Lipinski definition) is 2. The summed E-state index contributed by atoms with van der Waals surface area (Å²) in [5.41, 5.74) is 0. The lowest BCUT2D eigenvalue weighted by Gasteiger charge is -2.28. The van der Waals surface area contributed by atoms with Crippen LogP contribution in [0.15, 0.2) is 15.9 Å². The molecule has 2 unspecified atom stereocenters. The molecule has 2 atom stereocenters. The highest BCUT2D eigenvalue weighted by molar-refractivity contribution is 9.11. The molecule has 0 aromatic carbocycles. The predicted octanol–water partition coefficient (Wildman–Crippen LogP) is 3.20. The van der Waals surface area contributed by atoms with Gasteiger partial charge in [0, 0.05) is 17.8 Å². The molecule has 1 fully saturated rings. The van der Waals surface area contributed by atoms with Gasteiger partial charge in [-0.05, 0) is 72.3 Å². The Morgan fingerprint density at radius 2 is 2.45 bits per heavy atom. The Morgan fingerprint density at radius 3 is 3.10 bits per heavy atom. The first-order valence-corrected chi connectivity index (χ1v) is 8.97. The molecule has 0 saturated carbocycles. The zero-order valence-corrected chi connectivity index (χ0v) is 14.4. The molecule has 1 aromatic heterocycles. The molecule has 1 aliphatic rings. The number of piperidine rings is 1. The molecule has 0 aliphatic carbocycles. The minimum atomic E-state index is 0.193. The molecule has 0 bridgehead atoms. The Balaban J connectivity index is 1.64. The lowest BCUT2D eigenvalue weighted by atomic mass is 9.85. The fraction of sp³-hybridized carbons (Fsp3) is 0.667. The second-order valence-corrected chi connectivity index (χ2v) is 8.14. The number of rotatable bonds is 6. The van der Waals surface area contributed by atoms with Gasteiger partial charge in [0.2, 0.25) is 5.91 Å². The van der Waals surface area contributed by atoms with Crippen LogP contribution in [0.5, 0.6) is 0 Å². The topological polar surface area (TPSA) is 41.1 Å². The van der Waals surface area contributed by atoms with Crippen LogP contribution in [0.4, 0.5) is 0 Å². The van der Waals surface area contributed by atoms with Crippen molar-refractivity contribution in [1.82, 2.24) is 10.6 Å². The maximum absolute atomic E-state index is 12.0. The predicted molar refractivity (Wildman–Crippen MR) is 88.1 cm³/mol. The van der Waals surface area contributed by atoms with Gasteiger partial charge in [-0.15, -0.1) is 11.3 Å². The maximum Gasteiger partial charge on any atom is 0.220 e. The standard InChI is InChI=1S/C15H23BrN2OS/c1-11(12-3-2-7-17-10-12)9-15(19)18-8-6-13-4-5-14(16)20-13/h4-5,11-12,17H,2-3,6-10H2,1H3,(H,18,19). The van der Waals surface area contributed by atoms with Crippen LogP contribution >= 0.6 is 27.3 Å². The fourth-order valence-electron chi connectivity index (χ4n) is 2.71. The van der Waals surface area contributed by atoms with Crippen molar-refractivity contribution in [2.45, 2.75) is 32.6 Å². The zero-order chi connectivity index (χ0) is 14.4. The molecule has 2 rings (SSSR count). The summed E-state index contributed by atoms with van der Waals surface area (Å²) in [5.74, 6) is 1.32. The first-order valence-electron chi connectivity index (χ1n) is 7.37. The third kappa shape index (κ3) is 5.19. The number of amides is 1. The number of carbonyl (C=O) groups excluding carboxylic acids is 1. The van der Waals surface area contributed by atoms with E-state index in [2.05, 4.69) is 45.6 Å². The summed E-state index contributed by atoms with van der Waals surface area (Å²) in [7, 11) is 0. The van der Waals surface area contributed by atoms with Crippen molar-refractivity contribution in [2.75, 3.05) is 19.6 Å². The smallest absolute Gasteiger partial charge is 0.220 e. The Hall–Kier alpha value is -0.390. The summed E-state index contributed by atoms with van der Waals surface area (Å²) < 4.78 is 1.15. The van der Waals surface area contributed by atoms with Crippen molar-refractivity contribution >= 4 is 33.2 Å². The van der Waals surface area contributed by atoms with Crippen LogP contribution < -0.4 is 10.6 Å². The summed E-state index contributed by atoms with van der Waals surface area (Å²) in [6.45, 7) is 5.14. The second-order valence-electron chi connectivity index (χ2n) is 5.59. The Labute approximate surface area is 133 Å². The molecule has 112 valence electrons. The van der Waals surface area contributed by atoms with Crippen molar-refractivity contribution in [3.63, 3.8) is 0 Å². The van der Waals surface area contributed by atoms with E-state index < -0.39 is 0 Å². The van der Waals surface area contributed by atoms with Crippen molar-refractivity contribution < 1.29 is 4.79 Å². The van der Waals surface area contributed by atoms with Crippen molar-refractivity contribution in [3.05, 3.63) is 20.8 Å². The van der Waals surface area contributed by atoms with Crippen LogP contribution in [-0.2, 0) is 11.2 Å². The van der Waals surface area contributed by atoms with E-state index >= 15 is 0 Å². The zero-order valence-electron chi connectivity index (χ0n) is 12.0. The van der Waals surface area contributed by atoms with E-state index in [1.165, 1.54) is 17.7 Å². The highest BCUT2D eigenvalue weighted by Crippen LogP contribution is 2.23. The van der Waals surface area contributed by atoms with E-state index in [0.717, 1.165) is 29.8 Å². The van der Waals surface area contributed by atoms with Crippen LogP contribution in [0.25, 0.3) is 0 Å². The van der Waals surface area contributed by atoms with E-state index in [0.29, 0.717) is 18.3 Å². The van der Waals surface area contributed by atoms with Crippen molar-refractivity contribution in [1.29, 1.82) is 0 Å². The Morgan fingerprint density at radius 1 is 1.60 bits per heavy atom. The average molecular weight is 359 g/mol. The minimum absolute atomic E-state index is 0.193. The van der Waals surface area contributed by atoms with Gasteiger partial charge in [0.1, 0.15) is 0 Å². The van der Waals surface area contributed by atoms with E-state index in [4.69, 9.17) is 0 Å². The largest absolute Gasteiger partial charge is 0.356 e. The van der Waals surface area contributed by atoms with Crippen LogP contribution in [-0.4, -0.2) is 25.5 Å². The molecule has 2 N–H and O–H groups in total. The molecular weight excluding hydrogens is 336 g/mol. The minimum Gasteiger partial charge on any atom is -0.356 e.